The lowest BCUT2D eigenvalue weighted by atomic mass is 10.0. The van der Waals surface area contributed by atoms with Crippen LogP contribution in [0.25, 0.3) is 10.2 Å². The normalized spacial score (nSPS) is 12.5. The molecule has 0 aliphatic carbocycles. The predicted octanol–water partition coefficient (Wildman–Crippen LogP) is 2.99. The molecule has 0 spiro atoms. The molecule has 2 rings (SSSR count). The third kappa shape index (κ3) is 3.89. The van der Waals surface area contributed by atoms with Crippen molar-refractivity contribution in [3.63, 3.8) is 0 Å². The van der Waals surface area contributed by atoms with Gasteiger partial charge in [-0.3, -0.25) is 4.79 Å². The number of carboxylic acid groups (broad SMARTS) is 1. The highest BCUT2D eigenvalue weighted by atomic mass is 32.1. The number of anilines is 1. The highest BCUT2D eigenvalue weighted by molar-refractivity contribution is 7.16. The van der Waals surface area contributed by atoms with Gasteiger partial charge >= 0.3 is 5.97 Å². The summed E-state index contributed by atoms with van der Waals surface area (Å²) < 4.78 is 0. The molecule has 0 saturated heterocycles. The van der Waals surface area contributed by atoms with Crippen LogP contribution >= 0.6 is 11.3 Å². The van der Waals surface area contributed by atoms with Crippen molar-refractivity contribution in [3.05, 3.63) is 17.8 Å². The number of nitrogens with one attached hydrogen (secondary N) is 1. The molecule has 0 fully saturated rings. The van der Waals surface area contributed by atoms with Crippen LogP contribution in [0.1, 0.15) is 26.2 Å². The molecule has 6 heteroatoms. The zero-order chi connectivity index (χ0) is 13.7. The smallest absolute Gasteiger partial charge is 0.303 e. The topological polar surface area (TPSA) is 75.1 Å². The molecule has 0 amide bonds. The Balaban J connectivity index is 1.82. The molecule has 2 heterocycles. The average molecular weight is 279 g/mol. The second-order valence-electron chi connectivity index (χ2n) is 4.61. The number of carbonyl (C=O) groups is 1. The van der Waals surface area contributed by atoms with E-state index in [1.54, 1.807) is 17.7 Å². The summed E-state index contributed by atoms with van der Waals surface area (Å²) in [5, 5.41) is 15.0. The first-order valence-electron chi connectivity index (χ1n) is 6.30. The molecule has 2 N–H and O–H groups in total. The fourth-order valence-corrected chi connectivity index (χ4v) is 2.61. The molecule has 0 radical (unpaired) electrons. The first-order valence-corrected chi connectivity index (χ1v) is 7.18. The Hall–Kier alpha value is -1.69. The van der Waals surface area contributed by atoms with Crippen LogP contribution in [0.5, 0.6) is 0 Å². The number of aromatic nitrogens is 2. The maximum Gasteiger partial charge on any atom is 0.303 e. The average Bonchev–Trinajstić information content (AvgIpc) is 2.85. The van der Waals surface area contributed by atoms with Gasteiger partial charge in [0.25, 0.3) is 0 Å². The Kier molecular flexibility index (Phi) is 4.68. The number of fused-ring (bicyclic) bond motifs is 1. The minimum atomic E-state index is -0.726. The summed E-state index contributed by atoms with van der Waals surface area (Å²) in [6, 6.07) is 2.01. The zero-order valence-corrected chi connectivity index (χ0v) is 11.6. The van der Waals surface area contributed by atoms with Crippen molar-refractivity contribution >= 4 is 33.3 Å². The van der Waals surface area contributed by atoms with Crippen molar-refractivity contribution in [2.24, 2.45) is 5.92 Å². The van der Waals surface area contributed by atoms with Gasteiger partial charge in [0.2, 0.25) is 0 Å². The fraction of sp³-hybridized carbons (Fsp3) is 0.462. The molecule has 0 saturated carbocycles. The zero-order valence-electron chi connectivity index (χ0n) is 10.8. The molecule has 0 aromatic carbocycles. The van der Waals surface area contributed by atoms with E-state index in [0.717, 1.165) is 29.0 Å². The molecule has 19 heavy (non-hydrogen) atoms. The van der Waals surface area contributed by atoms with Crippen LogP contribution < -0.4 is 5.32 Å². The highest BCUT2D eigenvalue weighted by Crippen LogP contribution is 2.23. The number of hydrogen-bond donors (Lipinski definition) is 2. The van der Waals surface area contributed by atoms with E-state index in [0.29, 0.717) is 12.3 Å². The SMILES string of the molecule is CC(CCNc1ncnc2sccc12)CCC(=O)O. The van der Waals surface area contributed by atoms with Crippen molar-refractivity contribution < 1.29 is 9.90 Å². The molecule has 102 valence electrons. The van der Waals surface area contributed by atoms with Crippen molar-refractivity contribution in [2.75, 3.05) is 11.9 Å². The van der Waals surface area contributed by atoms with E-state index in [2.05, 4.69) is 22.2 Å². The maximum atomic E-state index is 10.5. The maximum absolute atomic E-state index is 10.5. The number of aliphatic carboxylic acids is 1. The molecular formula is C13H17N3O2S. The number of hydrogen-bond acceptors (Lipinski definition) is 5. The van der Waals surface area contributed by atoms with Gasteiger partial charge in [0.05, 0.1) is 5.39 Å². The lowest BCUT2D eigenvalue weighted by Crippen LogP contribution is -2.09. The number of thiophene rings is 1. The van der Waals surface area contributed by atoms with Gasteiger partial charge in [-0.1, -0.05) is 6.92 Å². The third-order valence-corrected chi connectivity index (χ3v) is 3.86. The van der Waals surface area contributed by atoms with Crippen LogP contribution in [0.3, 0.4) is 0 Å². The van der Waals surface area contributed by atoms with E-state index in [4.69, 9.17) is 5.11 Å². The summed E-state index contributed by atoms with van der Waals surface area (Å²) in [6.07, 6.45) is 3.45. The Morgan fingerprint density at radius 3 is 3.11 bits per heavy atom. The third-order valence-electron chi connectivity index (χ3n) is 3.04. The van der Waals surface area contributed by atoms with Crippen LogP contribution in [0.4, 0.5) is 5.82 Å². The molecule has 2 aromatic rings. The predicted molar refractivity (Wildman–Crippen MR) is 76.6 cm³/mol. The minimum Gasteiger partial charge on any atom is -0.481 e. The van der Waals surface area contributed by atoms with Gasteiger partial charge in [-0.25, -0.2) is 9.97 Å². The lowest BCUT2D eigenvalue weighted by Gasteiger charge is -2.11. The Labute approximate surface area is 115 Å². The van der Waals surface area contributed by atoms with E-state index in [1.807, 2.05) is 11.4 Å². The molecule has 0 bridgehead atoms. The summed E-state index contributed by atoms with van der Waals surface area (Å²) in [6.45, 7) is 2.87. The van der Waals surface area contributed by atoms with Gasteiger partial charge in [0, 0.05) is 13.0 Å². The van der Waals surface area contributed by atoms with E-state index >= 15 is 0 Å². The molecule has 1 unspecified atom stereocenters. The van der Waals surface area contributed by atoms with Crippen LogP contribution in [-0.2, 0) is 4.79 Å². The van der Waals surface area contributed by atoms with E-state index in [9.17, 15) is 4.79 Å². The number of nitrogens with zero attached hydrogens (tertiary/aromatic N) is 2. The van der Waals surface area contributed by atoms with Gasteiger partial charge in [0.15, 0.2) is 0 Å². The lowest BCUT2D eigenvalue weighted by molar-refractivity contribution is -0.137. The molecule has 5 nitrogen and oxygen atoms in total. The van der Waals surface area contributed by atoms with Crippen LogP contribution in [0, 0.1) is 5.92 Å². The first-order chi connectivity index (χ1) is 9.16. The Morgan fingerprint density at radius 2 is 2.32 bits per heavy atom. The quantitative estimate of drug-likeness (QED) is 0.815. The molecule has 0 aliphatic heterocycles. The summed E-state index contributed by atoms with van der Waals surface area (Å²) >= 11 is 1.60. The van der Waals surface area contributed by atoms with Gasteiger partial charge in [-0.15, -0.1) is 11.3 Å². The largest absolute Gasteiger partial charge is 0.481 e. The second kappa shape index (κ2) is 6.47. The summed E-state index contributed by atoms with van der Waals surface area (Å²) in [5.41, 5.74) is 0. The summed E-state index contributed by atoms with van der Waals surface area (Å²) in [7, 11) is 0. The summed E-state index contributed by atoms with van der Waals surface area (Å²) in [4.78, 5) is 19.9. The van der Waals surface area contributed by atoms with Crippen molar-refractivity contribution in [1.82, 2.24) is 9.97 Å². The number of carboxylic acids is 1. The van der Waals surface area contributed by atoms with E-state index in [-0.39, 0.29) is 6.42 Å². The monoisotopic (exact) mass is 279 g/mol. The Bertz CT molecular complexity index is 556. The van der Waals surface area contributed by atoms with Crippen LogP contribution in [-0.4, -0.2) is 27.6 Å². The molecule has 0 aliphatic rings. The van der Waals surface area contributed by atoms with Gasteiger partial charge < -0.3 is 10.4 Å². The fourth-order valence-electron chi connectivity index (χ4n) is 1.88. The Morgan fingerprint density at radius 1 is 1.47 bits per heavy atom. The summed E-state index contributed by atoms with van der Waals surface area (Å²) in [5.74, 6) is 0.524. The highest BCUT2D eigenvalue weighted by Gasteiger charge is 2.07. The van der Waals surface area contributed by atoms with Crippen molar-refractivity contribution in [3.8, 4) is 0 Å². The minimum absolute atomic E-state index is 0.240. The molecule has 1 atom stereocenters. The standard InChI is InChI=1S/C13H17N3O2S/c1-9(2-3-11(17)18)4-6-14-12-10-5-7-19-13(10)16-8-15-12/h5,7-9H,2-4,6H2,1H3,(H,17,18)(H,14,15,16). The van der Waals surface area contributed by atoms with Gasteiger partial charge in [-0.2, -0.15) is 0 Å². The van der Waals surface area contributed by atoms with Gasteiger partial charge in [0.1, 0.15) is 17.0 Å². The molecular weight excluding hydrogens is 262 g/mol. The van der Waals surface area contributed by atoms with Crippen LogP contribution in [0.2, 0.25) is 0 Å². The molecule has 2 aromatic heterocycles. The van der Waals surface area contributed by atoms with E-state index in [1.165, 1.54) is 0 Å². The second-order valence-corrected chi connectivity index (χ2v) is 5.51. The van der Waals surface area contributed by atoms with Crippen LogP contribution in [0.15, 0.2) is 17.8 Å². The van der Waals surface area contributed by atoms with Crippen molar-refractivity contribution in [1.29, 1.82) is 0 Å². The first kappa shape index (κ1) is 13.7. The number of rotatable bonds is 7. The van der Waals surface area contributed by atoms with Gasteiger partial charge in [-0.05, 0) is 30.2 Å². The van der Waals surface area contributed by atoms with Crippen molar-refractivity contribution in [2.45, 2.75) is 26.2 Å². The van der Waals surface area contributed by atoms with E-state index < -0.39 is 5.97 Å².